The number of anilines is 1. The highest BCUT2D eigenvalue weighted by Gasteiger charge is 2.20. The summed E-state index contributed by atoms with van der Waals surface area (Å²) in [7, 11) is 0. The number of nitrogens with one attached hydrogen (secondary N) is 1. The molecule has 0 unspecified atom stereocenters. The highest BCUT2D eigenvalue weighted by Crippen LogP contribution is 2.10. The Morgan fingerprint density at radius 3 is 2.42 bits per heavy atom. The van der Waals surface area contributed by atoms with Crippen LogP contribution in [-0.2, 0) is 9.59 Å². The Morgan fingerprint density at radius 2 is 1.83 bits per heavy atom. The molecule has 0 spiro atoms. The molecule has 2 amide bonds. The minimum Gasteiger partial charge on any atom is -0.342 e. The summed E-state index contributed by atoms with van der Waals surface area (Å²) in [6.07, 6.45) is 2.65. The second-order valence-electron chi connectivity index (χ2n) is 5.86. The Bertz CT molecular complexity index is 519. The predicted molar refractivity (Wildman–Crippen MR) is 96.2 cm³/mol. The van der Waals surface area contributed by atoms with E-state index in [9.17, 15) is 9.59 Å². The Hall–Kier alpha value is -1.51. The molecule has 0 aromatic carbocycles. The molecular weight excluding hydrogens is 326 g/mol. The molecule has 1 fully saturated rings. The fourth-order valence-corrected chi connectivity index (χ4v) is 3.40. The van der Waals surface area contributed by atoms with Crippen LogP contribution in [0.2, 0.25) is 0 Å². The van der Waals surface area contributed by atoms with E-state index in [1.54, 1.807) is 6.20 Å². The molecule has 0 aliphatic carbocycles. The topological polar surface area (TPSA) is 68.8 Å². The summed E-state index contributed by atoms with van der Waals surface area (Å²) in [5, 5.41) is 5.30. The van der Waals surface area contributed by atoms with Crippen molar-refractivity contribution >= 4 is 28.3 Å². The van der Waals surface area contributed by atoms with Crippen molar-refractivity contribution in [3.05, 3.63) is 11.6 Å². The number of hydrogen-bond acceptors (Lipinski definition) is 6. The Labute approximate surface area is 147 Å². The van der Waals surface area contributed by atoms with Crippen molar-refractivity contribution in [2.24, 2.45) is 0 Å². The van der Waals surface area contributed by atoms with Crippen molar-refractivity contribution in [2.75, 3.05) is 57.7 Å². The summed E-state index contributed by atoms with van der Waals surface area (Å²) in [6, 6.07) is 0. The lowest BCUT2D eigenvalue weighted by molar-refractivity contribution is -0.132. The summed E-state index contributed by atoms with van der Waals surface area (Å²) in [4.78, 5) is 34.5. The maximum Gasteiger partial charge on any atom is 0.240 e. The number of carbonyl (C=O) groups excluding carboxylic acids is 2. The molecule has 134 valence electrons. The lowest BCUT2D eigenvalue weighted by Crippen LogP contribution is -2.42. The van der Waals surface area contributed by atoms with Gasteiger partial charge in [-0.2, -0.15) is 0 Å². The first kappa shape index (κ1) is 18.8. The molecule has 0 bridgehead atoms. The summed E-state index contributed by atoms with van der Waals surface area (Å²) in [6.45, 7) is 9.77. The molecule has 1 aromatic rings. The molecule has 1 saturated heterocycles. The van der Waals surface area contributed by atoms with Gasteiger partial charge in [0.25, 0.3) is 0 Å². The van der Waals surface area contributed by atoms with Crippen molar-refractivity contribution in [1.82, 2.24) is 19.7 Å². The van der Waals surface area contributed by atoms with E-state index in [-0.39, 0.29) is 11.8 Å². The first-order valence-corrected chi connectivity index (χ1v) is 9.42. The zero-order chi connectivity index (χ0) is 17.4. The number of likely N-dealkylation sites (N-methyl/N-ethyl adjacent to an activating group) is 1. The zero-order valence-electron chi connectivity index (χ0n) is 14.5. The van der Waals surface area contributed by atoms with Crippen LogP contribution in [0.5, 0.6) is 0 Å². The van der Waals surface area contributed by atoms with Crippen LogP contribution in [0.3, 0.4) is 0 Å². The van der Waals surface area contributed by atoms with Gasteiger partial charge < -0.3 is 10.2 Å². The summed E-state index contributed by atoms with van der Waals surface area (Å²) in [5.74, 6) is 0.160. The summed E-state index contributed by atoms with van der Waals surface area (Å²) < 4.78 is 0. The quantitative estimate of drug-likeness (QED) is 0.791. The maximum absolute atomic E-state index is 12.2. The van der Waals surface area contributed by atoms with Crippen molar-refractivity contribution in [2.45, 2.75) is 20.3 Å². The SMILES string of the molecule is CCN(CC)C(=O)CN1CCCN(CC(=O)Nc2nccs2)CC1. The van der Waals surface area contributed by atoms with Gasteiger partial charge in [-0.25, -0.2) is 4.98 Å². The number of carbonyl (C=O) groups is 2. The normalized spacial score (nSPS) is 16.6. The Morgan fingerprint density at radius 1 is 1.17 bits per heavy atom. The summed E-state index contributed by atoms with van der Waals surface area (Å²) >= 11 is 1.42. The average Bonchev–Trinajstić information content (AvgIpc) is 2.96. The molecule has 0 saturated carbocycles. The zero-order valence-corrected chi connectivity index (χ0v) is 15.3. The van der Waals surface area contributed by atoms with Gasteiger partial charge in [0.2, 0.25) is 11.8 Å². The molecule has 7 nitrogen and oxygen atoms in total. The molecule has 1 aromatic heterocycles. The maximum atomic E-state index is 12.2. The van der Waals surface area contributed by atoms with Crippen LogP contribution in [0.4, 0.5) is 5.13 Å². The number of amides is 2. The van der Waals surface area contributed by atoms with E-state index in [0.717, 1.165) is 45.7 Å². The Balaban J connectivity index is 1.75. The van der Waals surface area contributed by atoms with E-state index in [1.165, 1.54) is 11.3 Å². The molecule has 0 radical (unpaired) electrons. The van der Waals surface area contributed by atoms with E-state index in [2.05, 4.69) is 20.1 Å². The predicted octanol–water partition coefficient (Wildman–Crippen LogP) is 0.958. The van der Waals surface area contributed by atoms with Crippen molar-refractivity contribution in [3.8, 4) is 0 Å². The third-order valence-corrected chi connectivity index (χ3v) is 4.89. The fraction of sp³-hybridized carbons (Fsp3) is 0.688. The molecule has 1 aliphatic rings. The standard InChI is InChI=1S/C16H27N5O2S/c1-3-21(4-2)15(23)13-20-8-5-7-19(9-10-20)12-14(22)18-16-17-6-11-24-16/h6,11H,3-5,7-10,12-13H2,1-2H3,(H,17,18,22). The smallest absolute Gasteiger partial charge is 0.240 e. The number of rotatable bonds is 7. The van der Waals surface area contributed by atoms with Gasteiger partial charge in [0.1, 0.15) is 0 Å². The van der Waals surface area contributed by atoms with Gasteiger partial charge in [-0.1, -0.05) is 0 Å². The first-order valence-electron chi connectivity index (χ1n) is 8.54. The van der Waals surface area contributed by atoms with Gasteiger partial charge in [0.05, 0.1) is 13.1 Å². The molecule has 2 heterocycles. The van der Waals surface area contributed by atoms with Crippen LogP contribution in [0.25, 0.3) is 0 Å². The van der Waals surface area contributed by atoms with Gasteiger partial charge in [-0.05, 0) is 33.4 Å². The van der Waals surface area contributed by atoms with Crippen LogP contribution in [-0.4, -0.2) is 83.9 Å². The van der Waals surface area contributed by atoms with Gasteiger partial charge in [-0.15, -0.1) is 11.3 Å². The lowest BCUT2D eigenvalue weighted by atomic mass is 10.3. The van der Waals surface area contributed by atoms with Gasteiger partial charge in [-0.3, -0.25) is 19.4 Å². The monoisotopic (exact) mass is 353 g/mol. The minimum atomic E-state index is -0.0300. The first-order chi connectivity index (χ1) is 11.6. The van der Waals surface area contributed by atoms with E-state index in [0.29, 0.717) is 18.2 Å². The molecule has 0 atom stereocenters. The minimum absolute atomic E-state index is 0.0300. The van der Waals surface area contributed by atoms with Crippen molar-refractivity contribution in [3.63, 3.8) is 0 Å². The highest BCUT2D eigenvalue weighted by atomic mass is 32.1. The molecule has 1 N–H and O–H groups in total. The third-order valence-electron chi connectivity index (χ3n) is 4.20. The van der Waals surface area contributed by atoms with Gasteiger partial charge in [0, 0.05) is 37.8 Å². The molecule has 24 heavy (non-hydrogen) atoms. The fourth-order valence-electron chi connectivity index (χ4n) is 2.86. The number of hydrogen-bond donors (Lipinski definition) is 1. The lowest BCUT2D eigenvalue weighted by Gasteiger charge is -2.25. The van der Waals surface area contributed by atoms with Crippen molar-refractivity contribution < 1.29 is 9.59 Å². The van der Waals surface area contributed by atoms with Crippen LogP contribution in [0, 0.1) is 0 Å². The average molecular weight is 353 g/mol. The van der Waals surface area contributed by atoms with Gasteiger partial charge >= 0.3 is 0 Å². The third kappa shape index (κ3) is 5.85. The van der Waals surface area contributed by atoms with Crippen molar-refractivity contribution in [1.29, 1.82) is 0 Å². The van der Waals surface area contributed by atoms with E-state index in [1.807, 2.05) is 24.1 Å². The molecular formula is C16H27N5O2S. The molecule has 8 heteroatoms. The number of thiazole rings is 1. The second kappa shape index (κ2) is 9.71. The van der Waals surface area contributed by atoms with E-state index in [4.69, 9.17) is 0 Å². The number of nitrogens with zero attached hydrogens (tertiary/aromatic N) is 4. The highest BCUT2D eigenvalue weighted by molar-refractivity contribution is 7.13. The van der Waals surface area contributed by atoms with Crippen LogP contribution >= 0.6 is 11.3 Å². The molecule has 2 rings (SSSR count). The Kier molecular flexibility index (Phi) is 7.61. The van der Waals surface area contributed by atoms with Crippen LogP contribution < -0.4 is 5.32 Å². The number of aromatic nitrogens is 1. The van der Waals surface area contributed by atoms with E-state index >= 15 is 0 Å². The molecule has 1 aliphatic heterocycles. The largest absolute Gasteiger partial charge is 0.342 e. The summed E-state index contributed by atoms with van der Waals surface area (Å²) in [5.41, 5.74) is 0. The van der Waals surface area contributed by atoms with Crippen LogP contribution in [0.15, 0.2) is 11.6 Å². The second-order valence-corrected chi connectivity index (χ2v) is 6.75. The van der Waals surface area contributed by atoms with Crippen LogP contribution in [0.1, 0.15) is 20.3 Å². The van der Waals surface area contributed by atoms with E-state index < -0.39 is 0 Å². The van der Waals surface area contributed by atoms with Gasteiger partial charge in [0.15, 0.2) is 5.13 Å².